The molecule has 1 aliphatic rings. The highest BCUT2D eigenvalue weighted by Gasteiger charge is 2.39. The average Bonchev–Trinajstić information content (AvgIpc) is 2.50. The first-order valence-electron chi connectivity index (χ1n) is 8.97. The summed E-state index contributed by atoms with van der Waals surface area (Å²) in [5, 5.41) is 0. The van der Waals surface area contributed by atoms with Crippen molar-refractivity contribution in [3.8, 4) is 0 Å². The van der Waals surface area contributed by atoms with Crippen LogP contribution in [-0.2, 0) is 19.1 Å². The predicted molar refractivity (Wildman–Crippen MR) is 86.3 cm³/mol. The quantitative estimate of drug-likeness (QED) is 0.365. The summed E-state index contributed by atoms with van der Waals surface area (Å²) in [6.07, 6.45) is 9.22. The van der Waals surface area contributed by atoms with Gasteiger partial charge in [-0.1, -0.05) is 45.4 Å². The van der Waals surface area contributed by atoms with Crippen molar-refractivity contribution >= 4 is 11.9 Å². The maximum atomic E-state index is 12.1. The molecule has 0 unspecified atom stereocenters. The summed E-state index contributed by atoms with van der Waals surface area (Å²) >= 11 is 0. The Morgan fingerprint density at radius 3 is 1.91 bits per heavy atom. The molecule has 1 aliphatic carbocycles. The largest absolute Gasteiger partial charge is 0.465 e. The van der Waals surface area contributed by atoms with Crippen LogP contribution < -0.4 is 0 Å². The molecule has 0 N–H and O–H groups in total. The van der Waals surface area contributed by atoms with Gasteiger partial charge in [-0.3, -0.25) is 9.59 Å². The third-order valence-corrected chi connectivity index (χ3v) is 4.66. The molecule has 1 saturated carbocycles. The lowest BCUT2D eigenvalue weighted by Gasteiger charge is -2.31. The van der Waals surface area contributed by atoms with Crippen molar-refractivity contribution in [2.24, 2.45) is 17.8 Å². The zero-order chi connectivity index (χ0) is 16.4. The van der Waals surface area contributed by atoms with Gasteiger partial charge in [0.05, 0.1) is 13.2 Å². The Kier molecular flexibility index (Phi) is 9.17. The first-order chi connectivity index (χ1) is 10.6. The van der Waals surface area contributed by atoms with E-state index in [1.54, 1.807) is 13.8 Å². The van der Waals surface area contributed by atoms with E-state index in [1.165, 1.54) is 25.7 Å². The van der Waals surface area contributed by atoms with Gasteiger partial charge in [0.15, 0.2) is 5.92 Å². The van der Waals surface area contributed by atoms with E-state index in [-0.39, 0.29) is 5.92 Å². The third kappa shape index (κ3) is 5.98. The molecule has 0 aromatic carbocycles. The maximum absolute atomic E-state index is 12.1. The summed E-state index contributed by atoms with van der Waals surface area (Å²) in [6.45, 7) is 6.37. The van der Waals surface area contributed by atoms with Crippen LogP contribution in [0.1, 0.15) is 72.1 Å². The third-order valence-electron chi connectivity index (χ3n) is 4.66. The van der Waals surface area contributed by atoms with E-state index in [0.717, 1.165) is 31.6 Å². The fourth-order valence-electron chi connectivity index (χ4n) is 3.44. The van der Waals surface area contributed by atoms with Gasteiger partial charge in [-0.2, -0.15) is 0 Å². The SMILES string of the molecule is CCCCCC1CCC(C(C(=O)OCC)C(=O)OCC)CC1. The molecule has 0 bridgehead atoms. The first-order valence-corrected chi connectivity index (χ1v) is 8.97. The molecule has 0 amide bonds. The fourth-order valence-corrected chi connectivity index (χ4v) is 3.44. The summed E-state index contributed by atoms with van der Waals surface area (Å²) in [7, 11) is 0. The van der Waals surface area contributed by atoms with Crippen LogP contribution in [0.5, 0.6) is 0 Å². The van der Waals surface area contributed by atoms with Crippen LogP contribution >= 0.6 is 0 Å². The Bertz CT molecular complexity index is 314. The number of unbranched alkanes of at least 4 members (excludes halogenated alkanes) is 2. The first kappa shape index (κ1) is 19.0. The highest BCUT2D eigenvalue weighted by atomic mass is 16.6. The van der Waals surface area contributed by atoms with Crippen molar-refractivity contribution in [3.63, 3.8) is 0 Å². The summed E-state index contributed by atoms with van der Waals surface area (Å²) in [6, 6.07) is 0. The minimum Gasteiger partial charge on any atom is -0.465 e. The van der Waals surface area contributed by atoms with Crippen LogP contribution in [0.2, 0.25) is 0 Å². The van der Waals surface area contributed by atoms with E-state index in [1.807, 2.05) is 0 Å². The molecule has 0 aromatic heterocycles. The summed E-state index contributed by atoms with van der Waals surface area (Å²) in [5.74, 6) is -0.698. The molecule has 1 rings (SSSR count). The Labute approximate surface area is 134 Å². The van der Waals surface area contributed by atoms with Crippen molar-refractivity contribution in [2.75, 3.05) is 13.2 Å². The lowest BCUT2D eigenvalue weighted by atomic mass is 9.74. The van der Waals surface area contributed by atoms with Crippen LogP contribution in [-0.4, -0.2) is 25.2 Å². The van der Waals surface area contributed by atoms with Crippen molar-refractivity contribution < 1.29 is 19.1 Å². The number of carbonyl (C=O) groups excluding carboxylic acids is 2. The number of esters is 2. The monoisotopic (exact) mass is 312 g/mol. The second kappa shape index (κ2) is 10.6. The van der Waals surface area contributed by atoms with Crippen LogP contribution in [0.15, 0.2) is 0 Å². The van der Waals surface area contributed by atoms with Crippen molar-refractivity contribution in [1.82, 2.24) is 0 Å². The van der Waals surface area contributed by atoms with E-state index < -0.39 is 17.9 Å². The normalized spacial score (nSPS) is 21.6. The highest BCUT2D eigenvalue weighted by molar-refractivity contribution is 5.95. The van der Waals surface area contributed by atoms with Gasteiger partial charge >= 0.3 is 11.9 Å². The zero-order valence-electron chi connectivity index (χ0n) is 14.4. The topological polar surface area (TPSA) is 52.6 Å². The molecule has 0 atom stereocenters. The second-order valence-corrected chi connectivity index (χ2v) is 6.26. The summed E-state index contributed by atoms with van der Waals surface area (Å²) in [4.78, 5) is 24.3. The Balaban J connectivity index is 2.54. The van der Waals surface area contributed by atoms with Gasteiger partial charge in [0.25, 0.3) is 0 Å². The van der Waals surface area contributed by atoms with Gasteiger partial charge in [0.2, 0.25) is 0 Å². The predicted octanol–water partition coefficient (Wildman–Crippen LogP) is 4.12. The van der Waals surface area contributed by atoms with E-state index in [2.05, 4.69) is 6.92 Å². The molecule has 1 fully saturated rings. The minimum atomic E-state index is -0.725. The molecular formula is C18H32O4. The molecule has 0 saturated heterocycles. The number of rotatable bonds is 9. The Morgan fingerprint density at radius 2 is 1.45 bits per heavy atom. The number of hydrogen-bond donors (Lipinski definition) is 0. The van der Waals surface area contributed by atoms with Crippen molar-refractivity contribution in [1.29, 1.82) is 0 Å². The molecule has 0 aliphatic heterocycles. The van der Waals surface area contributed by atoms with E-state index in [4.69, 9.17) is 9.47 Å². The number of ether oxygens (including phenoxy) is 2. The van der Waals surface area contributed by atoms with Crippen molar-refractivity contribution in [2.45, 2.75) is 72.1 Å². The van der Waals surface area contributed by atoms with E-state index in [9.17, 15) is 9.59 Å². The molecule has 22 heavy (non-hydrogen) atoms. The molecule has 0 aromatic rings. The van der Waals surface area contributed by atoms with Crippen LogP contribution in [0.4, 0.5) is 0 Å². The van der Waals surface area contributed by atoms with E-state index in [0.29, 0.717) is 13.2 Å². The van der Waals surface area contributed by atoms with Crippen LogP contribution in [0.25, 0.3) is 0 Å². The lowest BCUT2D eigenvalue weighted by Crippen LogP contribution is -2.36. The Hall–Kier alpha value is -1.06. The standard InChI is InChI=1S/C18H32O4/c1-4-7-8-9-14-10-12-15(13-11-14)16(17(19)21-5-2)18(20)22-6-3/h14-16H,4-13H2,1-3H3. The molecule has 0 radical (unpaired) electrons. The van der Waals surface area contributed by atoms with Gasteiger partial charge in [-0.05, 0) is 38.5 Å². The summed E-state index contributed by atoms with van der Waals surface area (Å²) < 4.78 is 10.2. The molecule has 4 nitrogen and oxygen atoms in total. The average molecular weight is 312 g/mol. The second-order valence-electron chi connectivity index (χ2n) is 6.26. The number of hydrogen-bond acceptors (Lipinski definition) is 4. The molecule has 4 heteroatoms. The van der Waals surface area contributed by atoms with Crippen LogP contribution in [0, 0.1) is 17.8 Å². The number of carbonyl (C=O) groups is 2. The van der Waals surface area contributed by atoms with Gasteiger partial charge < -0.3 is 9.47 Å². The van der Waals surface area contributed by atoms with Crippen molar-refractivity contribution in [3.05, 3.63) is 0 Å². The Morgan fingerprint density at radius 1 is 0.909 bits per heavy atom. The highest BCUT2D eigenvalue weighted by Crippen LogP contribution is 2.36. The van der Waals surface area contributed by atoms with Gasteiger partial charge in [0.1, 0.15) is 0 Å². The van der Waals surface area contributed by atoms with Crippen LogP contribution in [0.3, 0.4) is 0 Å². The lowest BCUT2D eigenvalue weighted by molar-refractivity contribution is -0.165. The molecule has 0 heterocycles. The van der Waals surface area contributed by atoms with Gasteiger partial charge in [-0.15, -0.1) is 0 Å². The zero-order valence-corrected chi connectivity index (χ0v) is 14.4. The fraction of sp³-hybridized carbons (Fsp3) is 0.889. The van der Waals surface area contributed by atoms with Gasteiger partial charge in [-0.25, -0.2) is 0 Å². The smallest absolute Gasteiger partial charge is 0.320 e. The maximum Gasteiger partial charge on any atom is 0.320 e. The van der Waals surface area contributed by atoms with Gasteiger partial charge in [0, 0.05) is 0 Å². The van der Waals surface area contributed by atoms with E-state index >= 15 is 0 Å². The minimum absolute atomic E-state index is 0.0838. The summed E-state index contributed by atoms with van der Waals surface area (Å²) in [5.41, 5.74) is 0. The molecule has 128 valence electrons. The molecule has 0 spiro atoms. The molecular weight excluding hydrogens is 280 g/mol.